The molecule has 0 unspecified atom stereocenters. The molecule has 0 amide bonds. The molecule has 3 heteroatoms. The average Bonchev–Trinajstić information content (AvgIpc) is 2.26. The molecule has 3 nitrogen and oxygen atoms in total. The smallest absolute Gasteiger partial charge is 0.213 e. The van der Waals surface area contributed by atoms with Gasteiger partial charge < -0.3 is 0 Å². The fraction of sp³-hybridized carbons (Fsp3) is 1.00. The minimum Gasteiger partial charge on any atom is -0.264 e. The number of hydrogen-bond donors (Lipinski definition) is 0. The Kier molecular flexibility index (Phi) is 10.5. The van der Waals surface area contributed by atoms with Crippen molar-refractivity contribution < 1.29 is 4.92 Å². The summed E-state index contributed by atoms with van der Waals surface area (Å²) in [6.45, 7) is 4.32. The fourth-order valence-electron chi connectivity index (χ4n) is 1.97. The third-order valence-corrected chi connectivity index (χ3v) is 3.08. The maximum Gasteiger partial charge on any atom is 0.213 e. The van der Waals surface area contributed by atoms with Gasteiger partial charge in [-0.15, -0.1) is 0 Å². The molecule has 0 fully saturated rings. The molecule has 0 atom stereocenters. The van der Waals surface area contributed by atoms with E-state index in [1.807, 2.05) is 0 Å². The van der Waals surface area contributed by atoms with Gasteiger partial charge in [0.2, 0.25) is 6.04 Å². The third kappa shape index (κ3) is 8.69. The summed E-state index contributed by atoms with van der Waals surface area (Å²) in [4.78, 5) is 10.8. The topological polar surface area (TPSA) is 43.1 Å². The highest BCUT2D eigenvalue weighted by Crippen LogP contribution is 2.14. The highest BCUT2D eigenvalue weighted by Gasteiger charge is 2.18. The SMILES string of the molecule is CCCCCCC(CCCCCC)[N+](=O)[O-]. The Morgan fingerprint density at radius 1 is 0.875 bits per heavy atom. The van der Waals surface area contributed by atoms with Gasteiger partial charge >= 0.3 is 0 Å². The predicted molar refractivity (Wildman–Crippen MR) is 68.3 cm³/mol. The minimum atomic E-state index is -0.284. The number of hydrogen-bond acceptors (Lipinski definition) is 2. The third-order valence-electron chi connectivity index (χ3n) is 3.08. The zero-order chi connectivity index (χ0) is 12.2. The molecule has 0 saturated carbocycles. The number of nitro groups is 1. The molecule has 0 spiro atoms. The normalized spacial score (nSPS) is 10.9. The molecule has 0 N–H and O–H groups in total. The van der Waals surface area contributed by atoms with Crippen LogP contribution in [0.15, 0.2) is 0 Å². The second-order valence-electron chi connectivity index (χ2n) is 4.64. The first-order chi connectivity index (χ1) is 7.72. The van der Waals surface area contributed by atoms with Gasteiger partial charge in [-0.05, 0) is 12.8 Å². The lowest BCUT2D eigenvalue weighted by Gasteiger charge is -2.08. The van der Waals surface area contributed by atoms with E-state index in [-0.39, 0.29) is 11.0 Å². The van der Waals surface area contributed by atoms with E-state index in [2.05, 4.69) is 13.8 Å². The Hall–Kier alpha value is -0.600. The molecule has 0 aliphatic carbocycles. The summed E-state index contributed by atoms with van der Waals surface area (Å²) in [5, 5.41) is 10.8. The minimum absolute atomic E-state index is 0.0715. The summed E-state index contributed by atoms with van der Waals surface area (Å²) in [6, 6.07) is -0.284. The van der Waals surface area contributed by atoms with Gasteiger partial charge in [0.15, 0.2) is 0 Å². The molecule has 96 valence electrons. The van der Waals surface area contributed by atoms with Crippen LogP contribution >= 0.6 is 0 Å². The lowest BCUT2D eigenvalue weighted by molar-refractivity contribution is -0.524. The van der Waals surface area contributed by atoms with Crippen molar-refractivity contribution in [2.45, 2.75) is 84.1 Å². The van der Waals surface area contributed by atoms with Crippen LogP contribution in [0.25, 0.3) is 0 Å². The lowest BCUT2D eigenvalue weighted by atomic mass is 10.0. The quantitative estimate of drug-likeness (QED) is 0.296. The summed E-state index contributed by atoms with van der Waals surface area (Å²) < 4.78 is 0. The van der Waals surface area contributed by atoms with Crippen molar-refractivity contribution in [2.75, 3.05) is 0 Å². The standard InChI is InChI=1S/C13H27NO2/c1-3-5-7-9-11-13(14(15)16)12-10-8-6-4-2/h13H,3-12H2,1-2H3. The van der Waals surface area contributed by atoms with Crippen LogP contribution in [-0.4, -0.2) is 11.0 Å². The summed E-state index contributed by atoms with van der Waals surface area (Å²) in [5.41, 5.74) is 0. The molecule has 0 aromatic heterocycles. The van der Waals surface area contributed by atoms with Crippen molar-refractivity contribution in [1.82, 2.24) is 0 Å². The van der Waals surface area contributed by atoms with Crippen molar-refractivity contribution in [2.24, 2.45) is 0 Å². The van der Waals surface area contributed by atoms with Crippen molar-refractivity contribution in [3.8, 4) is 0 Å². The van der Waals surface area contributed by atoms with E-state index in [9.17, 15) is 10.1 Å². The monoisotopic (exact) mass is 229 g/mol. The first-order valence-corrected chi connectivity index (χ1v) is 6.85. The van der Waals surface area contributed by atoms with Gasteiger partial charge in [0.25, 0.3) is 0 Å². The summed E-state index contributed by atoms with van der Waals surface area (Å²) in [6.07, 6.45) is 10.7. The molecule has 0 rings (SSSR count). The second kappa shape index (κ2) is 10.9. The molecule has 0 aromatic rings. The van der Waals surface area contributed by atoms with E-state index in [4.69, 9.17) is 0 Å². The fourth-order valence-corrected chi connectivity index (χ4v) is 1.97. The van der Waals surface area contributed by atoms with Gasteiger partial charge in [-0.25, -0.2) is 0 Å². The van der Waals surface area contributed by atoms with E-state index in [0.29, 0.717) is 0 Å². The second-order valence-corrected chi connectivity index (χ2v) is 4.64. The van der Waals surface area contributed by atoms with Crippen LogP contribution in [-0.2, 0) is 0 Å². The zero-order valence-electron chi connectivity index (χ0n) is 10.9. The van der Waals surface area contributed by atoms with Crippen molar-refractivity contribution >= 4 is 0 Å². The summed E-state index contributed by atoms with van der Waals surface area (Å²) in [5.74, 6) is 0. The van der Waals surface area contributed by atoms with Gasteiger partial charge in [0.05, 0.1) is 0 Å². The molecule has 0 heterocycles. The number of rotatable bonds is 11. The maximum absolute atomic E-state index is 10.8. The highest BCUT2D eigenvalue weighted by molar-refractivity contribution is 4.58. The van der Waals surface area contributed by atoms with E-state index in [1.165, 1.54) is 25.7 Å². The van der Waals surface area contributed by atoms with E-state index < -0.39 is 0 Å². The summed E-state index contributed by atoms with van der Waals surface area (Å²) in [7, 11) is 0. The van der Waals surface area contributed by atoms with Gasteiger partial charge in [-0.1, -0.05) is 52.4 Å². The molecule has 0 radical (unpaired) electrons. The predicted octanol–water partition coefficient (Wildman–Crippen LogP) is 4.57. The van der Waals surface area contributed by atoms with Gasteiger partial charge in [-0.3, -0.25) is 10.1 Å². The van der Waals surface area contributed by atoms with Crippen molar-refractivity contribution in [3.63, 3.8) is 0 Å². The van der Waals surface area contributed by atoms with Crippen LogP contribution in [0.1, 0.15) is 78.1 Å². The Labute approximate surface area is 99.8 Å². The first-order valence-electron chi connectivity index (χ1n) is 6.85. The lowest BCUT2D eigenvalue weighted by Crippen LogP contribution is -2.19. The maximum atomic E-state index is 10.8. The van der Waals surface area contributed by atoms with E-state index >= 15 is 0 Å². The molecule has 0 aromatic carbocycles. The van der Waals surface area contributed by atoms with E-state index in [0.717, 1.165) is 38.5 Å². The number of nitrogens with zero attached hydrogens (tertiary/aromatic N) is 1. The molecular weight excluding hydrogens is 202 g/mol. The van der Waals surface area contributed by atoms with Crippen LogP contribution < -0.4 is 0 Å². The van der Waals surface area contributed by atoms with Crippen LogP contribution in [0.5, 0.6) is 0 Å². The Bertz CT molecular complexity index is 159. The van der Waals surface area contributed by atoms with Crippen LogP contribution in [0, 0.1) is 10.1 Å². The highest BCUT2D eigenvalue weighted by atomic mass is 16.6. The van der Waals surface area contributed by atoms with E-state index in [1.54, 1.807) is 0 Å². The largest absolute Gasteiger partial charge is 0.264 e. The van der Waals surface area contributed by atoms with Gasteiger partial charge in [0, 0.05) is 17.8 Å². The number of unbranched alkanes of at least 4 members (excludes halogenated alkanes) is 6. The van der Waals surface area contributed by atoms with Gasteiger partial charge in [-0.2, -0.15) is 0 Å². The molecule has 0 saturated heterocycles. The average molecular weight is 229 g/mol. The Balaban J connectivity index is 3.59. The van der Waals surface area contributed by atoms with Gasteiger partial charge in [0.1, 0.15) is 0 Å². The van der Waals surface area contributed by atoms with Crippen LogP contribution in [0.3, 0.4) is 0 Å². The molecule has 0 bridgehead atoms. The van der Waals surface area contributed by atoms with Crippen LogP contribution in [0.4, 0.5) is 0 Å². The van der Waals surface area contributed by atoms with Crippen molar-refractivity contribution in [3.05, 3.63) is 10.1 Å². The van der Waals surface area contributed by atoms with Crippen molar-refractivity contribution in [1.29, 1.82) is 0 Å². The van der Waals surface area contributed by atoms with Crippen LogP contribution in [0.2, 0.25) is 0 Å². The molecular formula is C13H27NO2. The molecule has 0 aliphatic rings. The summed E-state index contributed by atoms with van der Waals surface area (Å²) >= 11 is 0. The zero-order valence-corrected chi connectivity index (χ0v) is 10.9. The Morgan fingerprint density at radius 2 is 1.31 bits per heavy atom. The Morgan fingerprint density at radius 3 is 1.62 bits per heavy atom. The first kappa shape index (κ1) is 15.4. The molecule has 16 heavy (non-hydrogen) atoms. The molecule has 0 aliphatic heterocycles.